The fraction of sp³-hybridized carbons (Fsp3) is 1.00. The second-order valence-electron chi connectivity index (χ2n) is 4.26. The van der Waals surface area contributed by atoms with Gasteiger partial charge >= 0.3 is 0 Å². The number of hydrogen-bond acceptors (Lipinski definition) is 2. The molecule has 2 rings (SSSR count). The number of ether oxygens (including phenoxy) is 1. The smallest absolute Gasteiger partial charge is 0.0823 e. The van der Waals surface area contributed by atoms with Crippen LogP contribution in [0.1, 0.15) is 26.2 Å². The van der Waals surface area contributed by atoms with Crippen LogP contribution in [0.15, 0.2) is 0 Å². The van der Waals surface area contributed by atoms with E-state index in [0.717, 1.165) is 19.7 Å². The summed E-state index contributed by atoms with van der Waals surface area (Å²) in [5.74, 6) is 0. The quantitative estimate of drug-likeness (QED) is 0.660. The summed E-state index contributed by atoms with van der Waals surface area (Å²) in [5, 5.41) is 3.21. The van der Waals surface area contributed by atoms with Crippen LogP contribution in [-0.4, -0.2) is 25.8 Å². The van der Waals surface area contributed by atoms with Crippen molar-refractivity contribution in [2.45, 2.75) is 32.3 Å². The summed E-state index contributed by atoms with van der Waals surface area (Å²) in [7, 11) is 0. The molecule has 2 fully saturated rings. The average molecular weight is 155 g/mol. The van der Waals surface area contributed by atoms with Crippen LogP contribution in [0.2, 0.25) is 0 Å². The highest BCUT2D eigenvalue weighted by molar-refractivity contribution is 4.84. The van der Waals surface area contributed by atoms with Gasteiger partial charge in [-0.25, -0.2) is 0 Å². The van der Waals surface area contributed by atoms with Crippen LogP contribution in [-0.2, 0) is 4.74 Å². The Kier molecular flexibility index (Phi) is 1.90. The van der Waals surface area contributed by atoms with Gasteiger partial charge in [0.05, 0.1) is 12.7 Å². The second kappa shape index (κ2) is 2.76. The lowest BCUT2D eigenvalue weighted by molar-refractivity contribution is -0.0529. The molecule has 0 spiro atoms. The first-order chi connectivity index (χ1) is 5.29. The van der Waals surface area contributed by atoms with Crippen LogP contribution in [0.5, 0.6) is 0 Å². The Morgan fingerprint density at radius 3 is 2.55 bits per heavy atom. The summed E-state index contributed by atoms with van der Waals surface area (Å²) in [5.41, 5.74) is 0.537. The zero-order valence-corrected chi connectivity index (χ0v) is 7.23. The van der Waals surface area contributed by atoms with E-state index in [1.54, 1.807) is 0 Å². The maximum atomic E-state index is 5.72. The second-order valence-corrected chi connectivity index (χ2v) is 4.26. The van der Waals surface area contributed by atoms with Gasteiger partial charge in [-0.15, -0.1) is 0 Å². The standard InChI is InChI=1S/C9H17NO/c1-9(3-2-4-9)7-11-8-5-10-6-8/h8,10H,2-7H2,1H3. The summed E-state index contributed by atoms with van der Waals surface area (Å²) in [6, 6.07) is 0. The molecule has 1 saturated heterocycles. The van der Waals surface area contributed by atoms with Gasteiger partial charge in [0.25, 0.3) is 0 Å². The fourth-order valence-electron chi connectivity index (χ4n) is 1.62. The average Bonchev–Trinajstić information content (AvgIpc) is 1.81. The van der Waals surface area contributed by atoms with Gasteiger partial charge in [-0.3, -0.25) is 0 Å². The predicted molar refractivity (Wildman–Crippen MR) is 44.6 cm³/mol. The molecular weight excluding hydrogens is 138 g/mol. The molecule has 1 aliphatic carbocycles. The highest BCUT2D eigenvalue weighted by Crippen LogP contribution is 2.40. The molecule has 1 aliphatic heterocycles. The van der Waals surface area contributed by atoms with Gasteiger partial charge in [-0.1, -0.05) is 13.3 Å². The number of hydrogen-bond donors (Lipinski definition) is 1. The molecule has 1 N–H and O–H groups in total. The molecule has 2 aliphatic rings. The van der Waals surface area contributed by atoms with Crippen molar-refractivity contribution < 1.29 is 4.74 Å². The van der Waals surface area contributed by atoms with Gasteiger partial charge in [-0.05, 0) is 18.3 Å². The topological polar surface area (TPSA) is 21.3 Å². The van der Waals surface area contributed by atoms with E-state index in [1.807, 2.05) is 0 Å². The predicted octanol–water partition coefficient (Wildman–Crippen LogP) is 1.16. The zero-order valence-electron chi connectivity index (χ0n) is 7.23. The van der Waals surface area contributed by atoms with E-state index in [4.69, 9.17) is 4.74 Å². The van der Waals surface area contributed by atoms with Crippen LogP contribution >= 0.6 is 0 Å². The molecule has 0 aromatic heterocycles. The molecule has 1 saturated carbocycles. The molecule has 0 aromatic carbocycles. The van der Waals surface area contributed by atoms with Crippen molar-refractivity contribution in [3.8, 4) is 0 Å². The molecule has 0 unspecified atom stereocenters. The maximum Gasteiger partial charge on any atom is 0.0823 e. The summed E-state index contributed by atoms with van der Waals surface area (Å²) >= 11 is 0. The van der Waals surface area contributed by atoms with Gasteiger partial charge in [0.2, 0.25) is 0 Å². The Hall–Kier alpha value is -0.0800. The van der Waals surface area contributed by atoms with Crippen LogP contribution < -0.4 is 5.32 Å². The lowest BCUT2D eigenvalue weighted by Gasteiger charge is -2.40. The van der Waals surface area contributed by atoms with Gasteiger partial charge < -0.3 is 10.1 Å². The van der Waals surface area contributed by atoms with E-state index >= 15 is 0 Å². The highest BCUT2D eigenvalue weighted by Gasteiger charge is 2.33. The summed E-state index contributed by atoms with van der Waals surface area (Å²) in [6.07, 6.45) is 4.66. The molecule has 2 nitrogen and oxygen atoms in total. The molecule has 2 heteroatoms. The molecule has 0 amide bonds. The minimum Gasteiger partial charge on any atom is -0.375 e. The van der Waals surface area contributed by atoms with Crippen molar-refractivity contribution in [1.82, 2.24) is 5.32 Å². The molecule has 0 bridgehead atoms. The molecule has 11 heavy (non-hydrogen) atoms. The Morgan fingerprint density at radius 2 is 2.18 bits per heavy atom. The Balaban J connectivity index is 1.64. The highest BCUT2D eigenvalue weighted by atomic mass is 16.5. The first-order valence-corrected chi connectivity index (χ1v) is 4.61. The van der Waals surface area contributed by atoms with E-state index in [1.165, 1.54) is 19.3 Å². The van der Waals surface area contributed by atoms with E-state index in [-0.39, 0.29) is 0 Å². The molecule has 1 heterocycles. The van der Waals surface area contributed by atoms with Gasteiger partial charge in [0.1, 0.15) is 0 Å². The minimum absolute atomic E-state index is 0.521. The van der Waals surface area contributed by atoms with Crippen molar-refractivity contribution in [1.29, 1.82) is 0 Å². The Labute approximate surface area is 68.3 Å². The number of rotatable bonds is 3. The summed E-state index contributed by atoms with van der Waals surface area (Å²) in [6.45, 7) is 5.45. The molecule has 64 valence electrons. The third-order valence-corrected chi connectivity index (χ3v) is 2.97. The maximum absolute atomic E-state index is 5.72. The van der Waals surface area contributed by atoms with Crippen LogP contribution in [0, 0.1) is 5.41 Å². The zero-order chi connectivity index (χ0) is 7.73. The number of nitrogens with one attached hydrogen (secondary N) is 1. The molecular formula is C9H17NO. The van der Waals surface area contributed by atoms with Crippen LogP contribution in [0.25, 0.3) is 0 Å². The first kappa shape index (κ1) is 7.56. The third kappa shape index (κ3) is 1.57. The van der Waals surface area contributed by atoms with Crippen molar-refractivity contribution >= 4 is 0 Å². The van der Waals surface area contributed by atoms with E-state index < -0.39 is 0 Å². The van der Waals surface area contributed by atoms with E-state index in [0.29, 0.717) is 11.5 Å². The van der Waals surface area contributed by atoms with Gasteiger partial charge in [0.15, 0.2) is 0 Å². The minimum atomic E-state index is 0.521. The summed E-state index contributed by atoms with van der Waals surface area (Å²) < 4.78 is 5.72. The van der Waals surface area contributed by atoms with Crippen molar-refractivity contribution in [3.63, 3.8) is 0 Å². The first-order valence-electron chi connectivity index (χ1n) is 4.61. The van der Waals surface area contributed by atoms with Crippen molar-refractivity contribution in [2.75, 3.05) is 19.7 Å². The van der Waals surface area contributed by atoms with E-state index in [9.17, 15) is 0 Å². The molecule has 0 aromatic rings. The molecule has 0 atom stereocenters. The Morgan fingerprint density at radius 1 is 1.45 bits per heavy atom. The van der Waals surface area contributed by atoms with Crippen LogP contribution in [0.3, 0.4) is 0 Å². The van der Waals surface area contributed by atoms with Crippen molar-refractivity contribution in [3.05, 3.63) is 0 Å². The van der Waals surface area contributed by atoms with Crippen LogP contribution in [0.4, 0.5) is 0 Å². The van der Waals surface area contributed by atoms with Gasteiger partial charge in [0, 0.05) is 13.1 Å². The monoisotopic (exact) mass is 155 g/mol. The largest absolute Gasteiger partial charge is 0.375 e. The normalized spacial score (nSPS) is 29.2. The van der Waals surface area contributed by atoms with E-state index in [2.05, 4.69) is 12.2 Å². The fourth-order valence-corrected chi connectivity index (χ4v) is 1.62. The Bertz CT molecular complexity index is 138. The van der Waals surface area contributed by atoms with Gasteiger partial charge in [-0.2, -0.15) is 0 Å². The van der Waals surface area contributed by atoms with Crippen molar-refractivity contribution in [2.24, 2.45) is 5.41 Å². The third-order valence-electron chi connectivity index (χ3n) is 2.97. The SMILES string of the molecule is CC1(COC2CNC2)CCC1. The summed E-state index contributed by atoms with van der Waals surface area (Å²) in [4.78, 5) is 0. The lowest BCUT2D eigenvalue weighted by Crippen LogP contribution is -2.50. The lowest BCUT2D eigenvalue weighted by atomic mass is 9.71. The molecule has 0 radical (unpaired) electrons.